The van der Waals surface area contributed by atoms with Crippen LogP contribution in [0.15, 0.2) is 70.7 Å². The quantitative estimate of drug-likeness (QED) is 0.144. The third-order valence-corrected chi connectivity index (χ3v) is 5.55. The molecule has 0 radical (unpaired) electrons. The summed E-state index contributed by atoms with van der Waals surface area (Å²) < 4.78 is 17.2. The predicted octanol–water partition coefficient (Wildman–Crippen LogP) is 5.89. The van der Waals surface area contributed by atoms with Crippen molar-refractivity contribution in [3.8, 4) is 23.3 Å². The molecule has 3 rings (SSSR count). The summed E-state index contributed by atoms with van der Waals surface area (Å²) in [7, 11) is 1.46. The number of nitro benzene ring substituents is 1. The lowest BCUT2D eigenvalue weighted by Crippen LogP contribution is -2.13. The number of non-ortho nitro benzene ring substituents is 1. The number of nitro groups is 1. The number of nitriles is 1. The van der Waals surface area contributed by atoms with Crippen LogP contribution in [0, 0.1) is 21.4 Å². The van der Waals surface area contributed by atoms with E-state index in [1.807, 2.05) is 13.0 Å². The lowest BCUT2D eigenvalue weighted by molar-refractivity contribution is -0.384. The summed E-state index contributed by atoms with van der Waals surface area (Å²) in [5.41, 5.74) is 1.47. The van der Waals surface area contributed by atoms with Crippen molar-refractivity contribution >= 4 is 39.3 Å². The number of methoxy groups -OCH3 is 1. The summed E-state index contributed by atoms with van der Waals surface area (Å²) in [4.78, 5) is 23.2. The second kappa shape index (κ2) is 12.4. The minimum Gasteiger partial charge on any atom is -0.494 e. The van der Waals surface area contributed by atoms with Crippen LogP contribution in [0.5, 0.6) is 17.2 Å². The van der Waals surface area contributed by atoms with Crippen molar-refractivity contribution in [3.63, 3.8) is 0 Å². The number of carbonyl (C=O) groups is 1. The summed E-state index contributed by atoms with van der Waals surface area (Å²) in [6, 6.07) is 18.2. The lowest BCUT2D eigenvalue weighted by Gasteiger charge is -2.13. The van der Waals surface area contributed by atoms with E-state index in [1.54, 1.807) is 48.5 Å². The van der Waals surface area contributed by atoms with Gasteiger partial charge in [0.2, 0.25) is 0 Å². The van der Waals surface area contributed by atoms with Gasteiger partial charge in [-0.25, -0.2) is 0 Å². The molecule has 0 bridgehead atoms. The number of carbonyl (C=O) groups excluding carboxylic acids is 1. The number of nitrogens with one attached hydrogen (secondary N) is 1. The average molecular weight is 552 g/mol. The molecule has 0 aliphatic heterocycles. The van der Waals surface area contributed by atoms with Crippen molar-refractivity contribution in [2.75, 3.05) is 19.0 Å². The van der Waals surface area contributed by atoms with Gasteiger partial charge in [0.1, 0.15) is 24.0 Å². The molecule has 0 saturated heterocycles. The largest absolute Gasteiger partial charge is 0.494 e. The zero-order valence-electron chi connectivity index (χ0n) is 19.5. The third kappa shape index (κ3) is 6.84. The van der Waals surface area contributed by atoms with Crippen LogP contribution in [0.4, 0.5) is 11.4 Å². The third-order valence-electron chi connectivity index (χ3n) is 4.87. The maximum absolute atomic E-state index is 12.7. The topological polar surface area (TPSA) is 124 Å². The van der Waals surface area contributed by atoms with E-state index >= 15 is 0 Å². The first kappa shape index (κ1) is 26.2. The molecule has 184 valence electrons. The monoisotopic (exact) mass is 551 g/mol. The first-order valence-corrected chi connectivity index (χ1v) is 11.5. The molecule has 0 atom stereocenters. The highest BCUT2D eigenvalue weighted by Gasteiger charge is 2.15. The van der Waals surface area contributed by atoms with Crippen molar-refractivity contribution in [1.82, 2.24) is 0 Å². The van der Waals surface area contributed by atoms with E-state index in [2.05, 4.69) is 21.2 Å². The van der Waals surface area contributed by atoms with E-state index in [4.69, 9.17) is 14.2 Å². The Morgan fingerprint density at radius 3 is 2.61 bits per heavy atom. The minimum absolute atomic E-state index is 0.0309. The average Bonchev–Trinajstić information content (AvgIpc) is 2.87. The molecular weight excluding hydrogens is 530 g/mol. The van der Waals surface area contributed by atoms with Gasteiger partial charge in [-0.05, 0) is 48.4 Å². The molecule has 0 aliphatic rings. The lowest BCUT2D eigenvalue weighted by atomic mass is 10.1. The standard InChI is InChI=1S/C26H22BrN3O6/c1-3-35-22-9-5-7-20(13-22)29-26(31)19(15-28)11-18-12-24(34-2)25(14-23(18)27)36-16-17-6-4-8-21(10-17)30(32)33/h4-14H,3,16H2,1-2H3,(H,29,31)/b19-11-. The molecule has 0 spiro atoms. The maximum atomic E-state index is 12.7. The number of benzene rings is 3. The van der Waals surface area contributed by atoms with Gasteiger partial charge in [-0.3, -0.25) is 14.9 Å². The van der Waals surface area contributed by atoms with Gasteiger partial charge in [0, 0.05) is 28.4 Å². The van der Waals surface area contributed by atoms with Crippen LogP contribution in [-0.4, -0.2) is 24.5 Å². The fourth-order valence-corrected chi connectivity index (χ4v) is 3.62. The van der Waals surface area contributed by atoms with E-state index in [0.717, 1.165) is 0 Å². The Bertz CT molecular complexity index is 1350. The Morgan fingerprint density at radius 1 is 1.14 bits per heavy atom. The number of ether oxygens (including phenoxy) is 3. The van der Waals surface area contributed by atoms with Crippen LogP contribution in [0.2, 0.25) is 0 Å². The maximum Gasteiger partial charge on any atom is 0.269 e. The number of rotatable bonds is 10. The number of halogens is 1. The van der Waals surface area contributed by atoms with Gasteiger partial charge in [-0.2, -0.15) is 5.26 Å². The van der Waals surface area contributed by atoms with Crippen molar-refractivity contribution in [1.29, 1.82) is 5.26 Å². The van der Waals surface area contributed by atoms with Gasteiger partial charge in [-0.15, -0.1) is 0 Å². The summed E-state index contributed by atoms with van der Waals surface area (Å²) >= 11 is 3.44. The number of hydrogen-bond donors (Lipinski definition) is 1. The smallest absolute Gasteiger partial charge is 0.269 e. The molecule has 1 N–H and O–H groups in total. The van der Waals surface area contributed by atoms with E-state index in [-0.39, 0.29) is 17.9 Å². The Morgan fingerprint density at radius 2 is 1.92 bits per heavy atom. The molecule has 0 aromatic heterocycles. The Labute approximate surface area is 216 Å². The summed E-state index contributed by atoms with van der Waals surface area (Å²) in [5.74, 6) is 0.759. The zero-order valence-corrected chi connectivity index (χ0v) is 21.1. The first-order valence-electron chi connectivity index (χ1n) is 10.7. The van der Waals surface area contributed by atoms with Crippen LogP contribution in [-0.2, 0) is 11.4 Å². The van der Waals surface area contributed by atoms with E-state index < -0.39 is 10.8 Å². The Kier molecular flexibility index (Phi) is 9.02. The van der Waals surface area contributed by atoms with Gasteiger partial charge in [0.05, 0.1) is 18.6 Å². The highest BCUT2D eigenvalue weighted by molar-refractivity contribution is 9.10. The van der Waals surface area contributed by atoms with Crippen LogP contribution in [0.25, 0.3) is 6.08 Å². The van der Waals surface area contributed by atoms with E-state index in [0.29, 0.717) is 45.1 Å². The zero-order chi connectivity index (χ0) is 26.1. The van der Waals surface area contributed by atoms with Gasteiger partial charge >= 0.3 is 0 Å². The molecule has 0 heterocycles. The van der Waals surface area contributed by atoms with Crippen LogP contribution < -0.4 is 19.5 Å². The van der Waals surface area contributed by atoms with Crippen molar-refractivity contribution in [2.24, 2.45) is 0 Å². The summed E-state index contributed by atoms with van der Waals surface area (Å²) in [6.45, 7) is 2.42. The van der Waals surface area contributed by atoms with Crippen molar-refractivity contribution in [2.45, 2.75) is 13.5 Å². The second-order valence-corrected chi connectivity index (χ2v) is 8.18. The molecule has 0 fully saturated rings. The second-order valence-electron chi connectivity index (χ2n) is 7.33. The molecule has 1 amide bonds. The fraction of sp³-hybridized carbons (Fsp3) is 0.154. The SMILES string of the molecule is CCOc1cccc(NC(=O)/C(C#N)=C\c2cc(OC)c(OCc3cccc([N+](=O)[O-])c3)cc2Br)c1. The molecule has 10 heteroatoms. The minimum atomic E-state index is -0.581. The van der Waals surface area contributed by atoms with Crippen LogP contribution >= 0.6 is 15.9 Å². The molecule has 0 aliphatic carbocycles. The summed E-state index contributed by atoms with van der Waals surface area (Å²) in [5, 5.41) is 23.3. The van der Waals surface area contributed by atoms with Gasteiger partial charge in [0.25, 0.3) is 11.6 Å². The van der Waals surface area contributed by atoms with Crippen LogP contribution in [0.3, 0.4) is 0 Å². The Hall–Kier alpha value is -4.36. The number of anilines is 1. The molecule has 3 aromatic rings. The number of hydrogen-bond acceptors (Lipinski definition) is 7. The number of amides is 1. The van der Waals surface area contributed by atoms with Crippen molar-refractivity contribution in [3.05, 3.63) is 92.0 Å². The molecule has 36 heavy (non-hydrogen) atoms. The molecular formula is C26H22BrN3O6. The van der Waals surface area contributed by atoms with Gasteiger partial charge < -0.3 is 19.5 Å². The highest BCUT2D eigenvalue weighted by atomic mass is 79.9. The normalized spacial score (nSPS) is 10.8. The van der Waals surface area contributed by atoms with E-state index in [1.165, 1.54) is 25.3 Å². The molecule has 3 aromatic carbocycles. The number of nitrogens with zero attached hydrogens (tertiary/aromatic N) is 2. The Balaban J connectivity index is 1.80. The molecule has 0 unspecified atom stereocenters. The molecule has 9 nitrogen and oxygen atoms in total. The van der Waals surface area contributed by atoms with E-state index in [9.17, 15) is 20.2 Å². The highest BCUT2D eigenvalue weighted by Crippen LogP contribution is 2.35. The molecule has 0 saturated carbocycles. The van der Waals surface area contributed by atoms with Crippen LogP contribution in [0.1, 0.15) is 18.1 Å². The summed E-state index contributed by atoms with van der Waals surface area (Å²) in [6.07, 6.45) is 1.43. The predicted molar refractivity (Wildman–Crippen MR) is 138 cm³/mol. The fourth-order valence-electron chi connectivity index (χ4n) is 3.19. The first-order chi connectivity index (χ1) is 17.3. The van der Waals surface area contributed by atoms with Crippen molar-refractivity contribution < 1.29 is 23.9 Å². The van der Waals surface area contributed by atoms with Gasteiger partial charge in [0.15, 0.2) is 11.5 Å². The van der Waals surface area contributed by atoms with Gasteiger partial charge in [-0.1, -0.05) is 34.1 Å².